The molecule has 0 aliphatic carbocycles. The molecule has 27 heavy (non-hydrogen) atoms. The minimum Gasteiger partial charge on any atom is -0.478 e. The first kappa shape index (κ1) is 16.7. The Morgan fingerprint density at radius 1 is 1.11 bits per heavy atom. The molecule has 7 nitrogen and oxygen atoms in total. The van der Waals surface area contributed by atoms with Gasteiger partial charge >= 0.3 is 5.97 Å². The summed E-state index contributed by atoms with van der Waals surface area (Å²) in [5.41, 5.74) is 4.30. The number of hydrogen-bond donors (Lipinski definition) is 1. The molecule has 2 aromatic heterocycles. The Kier molecular flexibility index (Phi) is 4.04. The maximum atomic E-state index is 11.2. The van der Waals surface area contributed by atoms with Crippen molar-refractivity contribution in [2.45, 2.75) is 6.92 Å². The fourth-order valence-electron chi connectivity index (χ4n) is 2.99. The number of aromatic nitrogens is 5. The van der Waals surface area contributed by atoms with Gasteiger partial charge in [0.1, 0.15) is 11.5 Å². The molecule has 4 aromatic rings. The highest BCUT2D eigenvalue weighted by Gasteiger charge is 2.15. The number of carbonyl (C=O) groups is 1. The van der Waals surface area contributed by atoms with Gasteiger partial charge in [0.05, 0.1) is 29.3 Å². The first-order valence-electron chi connectivity index (χ1n) is 8.39. The van der Waals surface area contributed by atoms with Gasteiger partial charge in [-0.05, 0) is 24.6 Å². The average molecular weight is 359 g/mol. The number of aromatic carboxylic acids is 1. The fraction of sp³-hybridized carbons (Fsp3) is 0.100. The van der Waals surface area contributed by atoms with E-state index in [1.807, 2.05) is 48.9 Å². The summed E-state index contributed by atoms with van der Waals surface area (Å²) in [4.78, 5) is 15.8. The second-order valence-corrected chi connectivity index (χ2v) is 6.25. The molecule has 4 rings (SSSR count). The highest BCUT2D eigenvalue weighted by molar-refractivity contribution is 5.88. The molecule has 0 unspecified atom stereocenters. The van der Waals surface area contributed by atoms with E-state index in [1.54, 1.807) is 35.3 Å². The lowest BCUT2D eigenvalue weighted by atomic mass is 10.1. The highest BCUT2D eigenvalue weighted by atomic mass is 16.4. The molecule has 134 valence electrons. The number of aryl methyl sites for hydroxylation is 1. The summed E-state index contributed by atoms with van der Waals surface area (Å²) < 4.78 is 3.55. The summed E-state index contributed by atoms with van der Waals surface area (Å²) in [6, 6.07) is 14.8. The molecule has 0 atom stereocenters. The van der Waals surface area contributed by atoms with Gasteiger partial charge in [0.2, 0.25) is 0 Å². The Hall–Kier alpha value is -3.74. The number of carboxylic acids is 1. The molecule has 0 spiro atoms. The van der Waals surface area contributed by atoms with Crippen LogP contribution in [0.4, 0.5) is 0 Å². The lowest BCUT2D eigenvalue weighted by molar-refractivity contribution is 0.0697. The largest absolute Gasteiger partial charge is 0.478 e. The van der Waals surface area contributed by atoms with Crippen molar-refractivity contribution in [3.63, 3.8) is 0 Å². The zero-order valence-corrected chi connectivity index (χ0v) is 14.9. The zero-order chi connectivity index (χ0) is 19.0. The summed E-state index contributed by atoms with van der Waals surface area (Å²) >= 11 is 0. The minimum atomic E-state index is -0.976. The van der Waals surface area contributed by atoms with Crippen LogP contribution in [0.3, 0.4) is 0 Å². The van der Waals surface area contributed by atoms with Gasteiger partial charge < -0.3 is 9.67 Å². The van der Waals surface area contributed by atoms with Crippen LogP contribution in [-0.4, -0.2) is 35.6 Å². The van der Waals surface area contributed by atoms with E-state index < -0.39 is 5.97 Å². The van der Waals surface area contributed by atoms with Crippen LogP contribution in [0.1, 0.15) is 15.9 Å². The van der Waals surface area contributed by atoms with E-state index in [9.17, 15) is 9.90 Å². The van der Waals surface area contributed by atoms with Crippen molar-refractivity contribution in [2.24, 2.45) is 7.05 Å². The van der Waals surface area contributed by atoms with Gasteiger partial charge in [0, 0.05) is 12.6 Å². The van der Waals surface area contributed by atoms with Crippen molar-refractivity contribution >= 4 is 5.97 Å². The molecule has 1 N–H and O–H groups in total. The van der Waals surface area contributed by atoms with Gasteiger partial charge in [0.25, 0.3) is 0 Å². The van der Waals surface area contributed by atoms with E-state index in [2.05, 4.69) is 15.3 Å². The van der Waals surface area contributed by atoms with E-state index in [4.69, 9.17) is 0 Å². The quantitative estimate of drug-likeness (QED) is 0.604. The Morgan fingerprint density at radius 3 is 2.63 bits per heavy atom. The van der Waals surface area contributed by atoms with E-state index in [1.165, 1.54) is 0 Å². The standard InChI is InChI=1S/C20H17N5O2/c1-13-8-9-15(20(26)27)10-17(13)25-12-16(22-23-25)18-11-21-19(24(18)2)14-6-4-3-5-7-14/h3-12H,1-2H3,(H,26,27). The number of benzene rings is 2. The normalized spacial score (nSPS) is 10.9. The van der Waals surface area contributed by atoms with Crippen molar-refractivity contribution in [1.29, 1.82) is 0 Å². The topological polar surface area (TPSA) is 85.8 Å². The number of hydrogen-bond acceptors (Lipinski definition) is 4. The van der Waals surface area contributed by atoms with Crippen LogP contribution in [0.2, 0.25) is 0 Å². The second kappa shape index (κ2) is 6.53. The maximum absolute atomic E-state index is 11.2. The SMILES string of the molecule is Cc1ccc(C(=O)O)cc1-n1cc(-c2cnc(-c3ccccc3)n2C)nn1. The third-order valence-electron chi connectivity index (χ3n) is 4.48. The predicted octanol–water partition coefficient (Wildman–Crippen LogP) is 3.34. The van der Waals surface area contributed by atoms with E-state index in [-0.39, 0.29) is 5.56 Å². The van der Waals surface area contributed by atoms with Crippen molar-refractivity contribution in [1.82, 2.24) is 24.5 Å². The Labute approximate surface area is 155 Å². The van der Waals surface area contributed by atoms with Crippen LogP contribution >= 0.6 is 0 Å². The molecule has 0 aliphatic heterocycles. The van der Waals surface area contributed by atoms with Gasteiger partial charge in [-0.25, -0.2) is 14.5 Å². The molecule has 0 fully saturated rings. The number of rotatable bonds is 4. The first-order valence-corrected chi connectivity index (χ1v) is 8.39. The molecule has 2 heterocycles. The molecule has 7 heteroatoms. The molecular weight excluding hydrogens is 342 g/mol. The van der Waals surface area contributed by atoms with Crippen molar-refractivity contribution in [3.8, 4) is 28.5 Å². The van der Waals surface area contributed by atoms with Crippen LogP contribution in [-0.2, 0) is 7.05 Å². The maximum Gasteiger partial charge on any atom is 0.335 e. The monoisotopic (exact) mass is 359 g/mol. The zero-order valence-electron chi connectivity index (χ0n) is 14.9. The van der Waals surface area contributed by atoms with Crippen LogP contribution in [0.25, 0.3) is 28.5 Å². The Bertz CT molecular complexity index is 1130. The number of nitrogens with zero attached hydrogens (tertiary/aromatic N) is 5. The first-order chi connectivity index (χ1) is 13.0. The summed E-state index contributed by atoms with van der Waals surface area (Å²) in [5, 5.41) is 17.7. The van der Waals surface area contributed by atoms with Gasteiger partial charge in [0.15, 0.2) is 0 Å². The van der Waals surface area contributed by atoms with E-state index in [0.717, 1.165) is 22.6 Å². The summed E-state index contributed by atoms with van der Waals surface area (Å²) in [7, 11) is 1.93. The molecule has 0 saturated heterocycles. The van der Waals surface area contributed by atoms with E-state index in [0.29, 0.717) is 11.4 Å². The van der Waals surface area contributed by atoms with Crippen LogP contribution in [0.15, 0.2) is 60.9 Å². The molecule has 0 aliphatic rings. The lowest BCUT2D eigenvalue weighted by Gasteiger charge is -2.06. The summed E-state index contributed by atoms with van der Waals surface area (Å²) in [5.74, 6) is -0.139. The third kappa shape index (κ3) is 2.99. The van der Waals surface area contributed by atoms with Gasteiger partial charge in [-0.15, -0.1) is 5.10 Å². The number of imidazole rings is 1. The second-order valence-electron chi connectivity index (χ2n) is 6.25. The predicted molar refractivity (Wildman–Crippen MR) is 101 cm³/mol. The van der Waals surface area contributed by atoms with Crippen molar-refractivity contribution in [3.05, 3.63) is 72.1 Å². The lowest BCUT2D eigenvalue weighted by Crippen LogP contribution is -2.02. The van der Waals surface area contributed by atoms with E-state index >= 15 is 0 Å². The molecule has 2 aromatic carbocycles. The molecule has 0 saturated carbocycles. The summed E-state index contributed by atoms with van der Waals surface area (Å²) in [6.45, 7) is 1.90. The molecule has 0 bridgehead atoms. The van der Waals surface area contributed by atoms with Crippen molar-refractivity contribution < 1.29 is 9.90 Å². The third-order valence-corrected chi connectivity index (χ3v) is 4.48. The van der Waals surface area contributed by atoms with Gasteiger partial charge in [-0.2, -0.15) is 0 Å². The van der Waals surface area contributed by atoms with Crippen LogP contribution in [0.5, 0.6) is 0 Å². The smallest absolute Gasteiger partial charge is 0.335 e. The fourth-order valence-corrected chi connectivity index (χ4v) is 2.99. The molecule has 0 radical (unpaired) electrons. The molecule has 0 amide bonds. The van der Waals surface area contributed by atoms with Gasteiger partial charge in [-0.3, -0.25) is 0 Å². The average Bonchev–Trinajstić information content (AvgIpc) is 3.29. The Balaban J connectivity index is 1.73. The Morgan fingerprint density at radius 2 is 1.89 bits per heavy atom. The number of carboxylic acid groups (broad SMARTS) is 1. The molecular formula is C20H17N5O2. The van der Waals surface area contributed by atoms with Crippen LogP contribution in [0, 0.1) is 6.92 Å². The van der Waals surface area contributed by atoms with Crippen molar-refractivity contribution in [2.75, 3.05) is 0 Å². The highest BCUT2D eigenvalue weighted by Crippen LogP contribution is 2.25. The van der Waals surface area contributed by atoms with Gasteiger partial charge in [-0.1, -0.05) is 41.6 Å². The minimum absolute atomic E-state index is 0.208. The van der Waals surface area contributed by atoms with Crippen LogP contribution < -0.4 is 0 Å². The summed E-state index contributed by atoms with van der Waals surface area (Å²) in [6.07, 6.45) is 3.54.